The highest BCUT2D eigenvalue weighted by Gasteiger charge is 2.14. The molecule has 0 saturated carbocycles. The summed E-state index contributed by atoms with van der Waals surface area (Å²) >= 11 is 0. The van der Waals surface area contributed by atoms with Crippen LogP contribution >= 0.6 is 0 Å². The number of allylic oxidation sites excluding steroid dienone is 1. The largest absolute Gasteiger partial charge is 0.508 e. The molecule has 0 aromatic heterocycles. The lowest BCUT2D eigenvalue weighted by Gasteiger charge is -2.17. The molecule has 0 spiro atoms. The average molecular weight is 386 g/mol. The Morgan fingerprint density at radius 2 is 1.38 bits per heavy atom. The number of phenolic OH excluding ortho intramolecular Hbond substituents is 1. The van der Waals surface area contributed by atoms with Gasteiger partial charge in [-0.05, 0) is 58.5 Å². The van der Waals surface area contributed by atoms with Crippen molar-refractivity contribution in [3.05, 3.63) is 95.6 Å². The number of amides is 1. The highest BCUT2D eigenvalue weighted by molar-refractivity contribution is 5.99. The zero-order chi connectivity index (χ0) is 20.8. The minimum absolute atomic E-state index is 0.00517. The van der Waals surface area contributed by atoms with E-state index in [2.05, 4.69) is 24.4 Å². The van der Waals surface area contributed by atoms with Crippen molar-refractivity contribution in [1.82, 2.24) is 0 Å². The van der Waals surface area contributed by atoms with Crippen LogP contribution in [0.3, 0.4) is 0 Å². The van der Waals surface area contributed by atoms with Crippen LogP contribution < -0.4 is 5.32 Å². The fourth-order valence-corrected chi connectivity index (χ4v) is 3.31. The number of anilines is 1. The predicted octanol–water partition coefficient (Wildman–Crippen LogP) is 6.36. The molecule has 148 valence electrons. The van der Waals surface area contributed by atoms with Crippen LogP contribution in [0.15, 0.2) is 78.9 Å². The summed E-state index contributed by atoms with van der Waals surface area (Å²) in [4.78, 5) is 12.0. The van der Waals surface area contributed by atoms with Crippen LogP contribution in [0.1, 0.15) is 43.9 Å². The van der Waals surface area contributed by atoms with E-state index in [1.807, 2.05) is 68.4 Å². The van der Waals surface area contributed by atoms with E-state index in [9.17, 15) is 9.90 Å². The van der Waals surface area contributed by atoms with Crippen molar-refractivity contribution in [2.75, 3.05) is 5.32 Å². The molecule has 29 heavy (non-hydrogen) atoms. The Labute approximate surface area is 172 Å². The van der Waals surface area contributed by atoms with Crippen molar-refractivity contribution in [3.8, 4) is 5.75 Å². The first kappa shape index (κ1) is 20.4. The Kier molecular flexibility index (Phi) is 6.50. The molecule has 0 aliphatic heterocycles. The summed E-state index contributed by atoms with van der Waals surface area (Å²) in [6, 6.07) is 25.6. The maximum atomic E-state index is 12.0. The molecular formula is C26H27NO2. The second-order valence-electron chi connectivity index (χ2n) is 7.34. The molecule has 0 aliphatic carbocycles. The van der Waals surface area contributed by atoms with E-state index in [-0.39, 0.29) is 17.6 Å². The van der Waals surface area contributed by atoms with Gasteiger partial charge in [0, 0.05) is 11.6 Å². The fourth-order valence-electron chi connectivity index (χ4n) is 3.31. The van der Waals surface area contributed by atoms with Gasteiger partial charge in [-0.3, -0.25) is 4.79 Å². The zero-order valence-corrected chi connectivity index (χ0v) is 17.1. The molecule has 2 N–H and O–H groups in total. The summed E-state index contributed by atoms with van der Waals surface area (Å²) in [5, 5.41) is 12.7. The van der Waals surface area contributed by atoms with Gasteiger partial charge in [-0.1, -0.05) is 75.4 Å². The molecule has 1 amide bonds. The molecule has 3 heteroatoms. The number of aromatic hydroxyl groups is 1. The van der Waals surface area contributed by atoms with Gasteiger partial charge in [0.05, 0.1) is 0 Å². The third-order valence-corrected chi connectivity index (χ3v) is 4.90. The molecule has 0 aliphatic rings. The van der Waals surface area contributed by atoms with Gasteiger partial charge in [0.25, 0.3) is 0 Å². The quantitative estimate of drug-likeness (QED) is 0.485. The summed E-state index contributed by atoms with van der Waals surface area (Å²) < 4.78 is 0. The molecule has 0 heterocycles. The van der Waals surface area contributed by atoms with Crippen molar-refractivity contribution in [3.63, 3.8) is 0 Å². The van der Waals surface area contributed by atoms with E-state index in [0.29, 0.717) is 0 Å². The fraction of sp³-hybridized carbons (Fsp3) is 0.192. The van der Waals surface area contributed by atoms with Crippen molar-refractivity contribution in [1.29, 1.82) is 0 Å². The first-order valence-corrected chi connectivity index (χ1v) is 9.99. The average Bonchev–Trinajstić information content (AvgIpc) is 2.74. The molecule has 0 fully saturated rings. The van der Waals surface area contributed by atoms with Crippen molar-refractivity contribution in [2.45, 2.75) is 27.2 Å². The van der Waals surface area contributed by atoms with Crippen LogP contribution in [0.4, 0.5) is 5.69 Å². The van der Waals surface area contributed by atoms with Gasteiger partial charge in [0.2, 0.25) is 5.91 Å². The number of benzene rings is 3. The van der Waals surface area contributed by atoms with Crippen LogP contribution in [0.25, 0.3) is 11.1 Å². The predicted molar refractivity (Wildman–Crippen MR) is 121 cm³/mol. The number of carbonyl (C=O) groups is 1. The second kappa shape index (κ2) is 9.24. The first-order valence-electron chi connectivity index (χ1n) is 9.99. The maximum absolute atomic E-state index is 12.0. The van der Waals surface area contributed by atoms with E-state index in [0.717, 1.165) is 28.8 Å². The summed E-state index contributed by atoms with van der Waals surface area (Å²) in [6.07, 6.45) is 0.867. The molecule has 0 atom stereocenters. The van der Waals surface area contributed by atoms with Crippen LogP contribution in [-0.4, -0.2) is 11.0 Å². The number of hydrogen-bond acceptors (Lipinski definition) is 2. The number of rotatable bonds is 6. The van der Waals surface area contributed by atoms with E-state index in [4.69, 9.17) is 0 Å². The lowest BCUT2D eigenvalue weighted by Crippen LogP contribution is -2.17. The van der Waals surface area contributed by atoms with Crippen molar-refractivity contribution in [2.24, 2.45) is 5.92 Å². The van der Waals surface area contributed by atoms with Crippen LogP contribution in [-0.2, 0) is 4.79 Å². The highest BCUT2D eigenvalue weighted by Crippen LogP contribution is 2.35. The van der Waals surface area contributed by atoms with Gasteiger partial charge >= 0.3 is 0 Å². The smallest absolute Gasteiger partial charge is 0.226 e. The van der Waals surface area contributed by atoms with Gasteiger partial charge < -0.3 is 10.4 Å². The lowest BCUT2D eigenvalue weighted by molar-refractivity contribution is -0.118. The molecule has 3 aromatic carbocycles. The molecule has 0 radical (unpaired) electrons. The standard InChI is InChI=1S/C26H27NO2/c1-4-24(19-8-6-5-7-9-19)25(21-12-16-23(28)17-13-21)20-10-14-22(15-11-20)27-26(29)18(2)3/h5-18,28H,4H2,1-3H3,(H,27,29)/b25-24+. The monoisotopic (exact) mass is 385 g/mol. The van der Waals surface area contributed by atoms with E-state index >= 15 is 0 Å². The Hall–Kier alpha value is -3.33. The topological polar surface area (TPSA) is 49.3 Å². The highest BCUT2D eigenvalue weighted by atomic mass is 16.3. The molecule has 3 nitrogen and oxygen atoms in total. The molecule has 0 unspecified atom stereocenters. The van der Waals surface area contributed by atoms with Crippen LogP contribution in [0.5, 0.6) is 5.75 Å². The molecule has 0 bridgehead atoms. The first-order chi connectivity index (χ1) is 14.0. The van der Waals surface area contributed by atoms with Crippen molar-refractivity contribution < 1.29 is 9.90 Å². The minimum atomic E-state index is -0.0631. The van der Waals surface area contributed by atoms with Crippen LogP contribution in [0.2, 0.25) is 0 Å². The molecule has 0 saturated heterocycles. The third-order valence-electron chi connectivity index (χ3n) is 4.90. The summed E-state index contributed by atoms with van der Waals surface area (Å²) in [5.41, 5.74) is 6.43. The van der Waals surface area contributed by atoms with Crippen LogP contribution in [0, 0.1) is 5.92 Å². The molecular weight excluding hydrogens is 358 g/mol. The Balaban J connectivity index is 2.10. The third kappa shape index (κ3) is 4.94. The SMILES string of the molecule is CC/C(=C(\c1ccc(O)cc1)c1ccc(NC(=O)C(C)C)cc1)c1ccccc1. The van der Waals surface area contributed by atoms with Gasteiger partial charge in [-0.15, -0.1) is 0 Å². The number of phenols is 1. The maximum Gasteiger partial charge on any atom is 0.226 e. The minimum Gasteiger partial charge on any atom is -0.508 e. The Morgan fingerprint density at radius 1 is 0.828 bits per heavy atom. The number of nitrogens with one attached hydrogen (secondary N) is 1. The zero-order valence-electron chi connectivity index (χ0n) is 17.1. The Morgan fingerprint density at radius 3 is 1.90 bits per heavy atom. The second-order valence-corrected chi connectivity index (χ2v) is 7.34. The molecule has 3 aromatic rings. The lowest BCUT2D eigenvalue weighted by atomic mass is 9.88. The number of carbonyl (C=O) groups excluding carboxylic acids is 1. The normalized spacial score (nSPS) is 11.9. The van der Waals surface area contributed by atoms with E-state index in [1.165, 1.54) is 11.1 Å². The molecule has 3 rings (SSSR count). The summed E-state index contributed by atoms with van der Waals surface area (Å²) in [6.45, 7) is 5.91. The summed E-state index contributed by atoms with van der Waals surface area (Å²) in [5.74, 6) is 0.190. The van der Waals surface area contributed by atoms with Crippen molar-refractivity contribution >= 4 is 22.7 Å². The Bertz CT molecular complexity index is 985. The summed E-state index contributed by atoms with van der Waals surface area (Å²) in [7, 11) is 0. The van der Waals surface area contributed by atoms with E-state index < -0.39 is 0 Å². The number of hydrogen-bond donors (Lipinski definition) is 2. The van der Waals surface area contributed by atoms with Gasteiger partial charge in [-0.2, -0.15) is 0 Å². The van der Waals surface area contributed by atoms with Gasteiger partial charge in [0.15, 0.2) is 0 Å². The van der Waals surface area contributed by atoms with E-state index in [1.54, 1.807) is 12.1 Å². The van der Waals surface area contributed by atoms with Gasteiger partial charge in [0.1, 0.15) is 5.75 Å². The van der Waals surface area contributed by atoms with Gasteiger partial charge in [-0.25, -0.2) is 0 Å².